The highest BCUT2D eigenvalue weighted by atomic mass is 16.5. The number of hydrogen-bond acceptors (Lipinski definition) is 6. The van der Waals surface area contributed by atoms with Crippen LogP contribution < -0.4 is 18.9 Å². The lowest BCUT2D eigenvalue weighted by Gasteiger charge is -2.19. The first-order valence-electron chi connectivity index (χ1n) is 7.62. The fourth-order valence-electron chi connectivity index (χ4n) is 2.81. The van der Waals surface area contributed by atoms with Crippen molar-refractivity contribution in [3.05, 3.63) is 40.5 Å². The van der Waals surface area contributed by atoms with Crippen molar-refractivity contribution in [2.45, 2.75) is 13.8 Å². The van der Waals surface area contributed by atoms with Crippen molar-refractivity contribution in [2.24, 2.45) is 0 Å². The summed E-state index contributed by atoms with van der Waals surface area (Å²) in [5.74, 6) is 1.12. The molecule has 0 saturated carbocycles. The van der Waals surface area contributed by atoms with Crippen LogP contribution in [0.15, 0.2) is 18.2 Å². The Morgan fingerprint density at radius 3 is 1.96 bits per heavy atom. The normalized spacial score (nSPS) is 10.3. The number of carbonyl (C=O) groups is 1. The lowest BCUT2D eigenvalue weighted by molar-refractivity contribution is 0.103. The predicted octanol–water partition coefficient (Wildman–Crippen LogP) is 3.27. The number of phenolic OH excluding ortho intramolecular Hbond substituents is 1. The van der Waals surface area contributed by atoms with Crippen LogP contribution in [0.25, 0.3) is 0 Å². The summed E-state index contributed by atoms with van der Waals surface area (Å²) < 4.78 is 21.4. The van der Waals surface area contributed by atoms with E-state index in [4.69, 9.17) is 18.9 Å². The molecule has 0 amide bonds. The van der Waals surface area contributed by atoms with Gasteiger partial charge < -0.3 is 24.1 Å². The first kappa shape index (κ1) is 18.4. The maximum atomic E-state index is 13.3. The van der Waals surface area contributed by atoms with Crippen LogP contribution >= 0.6 is 0 Å². The second-order valence-corrected chi connectivity index (χ2v) is 5.45. The molecule has 0 saturated heterocycles. The van der Waals surface area contributed by atoms with Crippen LogP contribution in [0.2, 0.25) is 0 Å². The number of rotatable bonds is 6. The minimum Gasteiger partial charge on any atom is -0.508 e. The van der Waals surface area contributed by atoms with E-state index in [9.17, 15) is 9.90 Å². The van der Waals surface area contributed by atoms with Crippen molar-refractivity contribution in [1.82, 2.24) is 0 Å². The Bertz CT molecular complexity index is 810. The second kappa shape index (κ2) is 7.34. The molecule has 134 valence electrons. The highest BCUT2D eigenvalue weighted by Gasteiger charge is 2.28. The van der Waals surface area contributed by atoms with E-state index >= 15 is 0 Å². The van der Waals surface area contributed by atoms with Gasteiger partial charge >= 0.3 is 0 Å². The van der Waals surface area contributed by atoms with Crippen LogP contribution in [-0.2, 0) is 0 Å². The van der Waals surface area contributed by atoms with Gasteiger partial charge in [0.2, 0.25) is 11.5 Å². The summed E-state index contributed by atoms with van der Waals surface area (Å²) in [6, 6.07) is 4.75. The maximum absolute atomic E-state index is 13.3. The van der Waals surface area contributed by atoms with E-state index < -0.39 is 0 Å². The third-order valence-electron chi connectivity index (χ3n) is 4.10. The molecule has 1 N–H and O–H groups in total. The summed E-state index contributed by atoms with van der Waals surface area (Å²) in [6.45, 7) is 3.44. The van der Waals surface area contributed by atoms with Gasteiger partial charge in [0.15, 0.2) is 11.5 Å². The van der Waals surface area contributed by atoms with E-state index in [1.165, 1.54) is 34.5 Å². The third-order valence-corrected chi connectivity index (χ3v) is 4.10. The first-order chi connectivity index (χ1) is 11.9. The zero-order valence-corrected chi connectivity index (χ0v) is 15.2. The summed E-state index contributed by atoms with van der Waals surface area (Å²) >= 11 is 0. The molecule has 0 unspecified atom stereocenters. The number of carbonyl (C=O) groups excluding carboxylic acids is 1. The Kier molecular flexibility index (Phi) is 5.41. The molecule has 6 nitrogen and oxygen atoms in total. The SMILES string of the molecule is COc1cc(C)c(C(=O)c2c(OC)ccc(O)c2C)c(OC)c1OC. The van der Waals surface area contributed by atoms with Crippen LogP contribution in [0.3, 0.4) is 0 Å². The Morgan fingerprint density at radius 1 is 0.840 bits per heavy atom. The quantitative estimate of drug-likeness (QED) is 0.809. The molecule has 0 bridgehead atoms. The van der Waals surface area contributed by atoms with E-state index in [-0.39, 0.29) is 22.8 Å². The number of ketones is 1. The van der Waals surface area contributed by atoms with Crippen molar-refractivity contribution in [2.75, 3.05) is 28.4 Å². The molecular formula is C19H22O6. The first-order valence-corrected chi connectivity index (χ1v) is 7.62. The van der Waals surface area contributed by atoms with Crippen LogP contribution in [-0.4, -0.2) is 39.3 Å². The zero-order chi connectivity index (χ0) is 18.7. The molecule has 2 rings (SSSR count). The number of aromatic hydroxyl groups is 1. The van der Waals surface area contributed by atoms with E-state index in [2.05, 4.69) is 0 Å². The molecule has 0 spiro atoms. The lowest BCUT2D eigenvalue weighted by atomic mass is 9.93. The van der Waals surface area contributed by atoms with Gasteiger partial charge in [-0.15, -0.1) is 0 Å². The van der Waals surface area contributed by atoms with Crippen molar-refractivity contribution in [1.29, 1.82) is 0 Å². The molecule has 25 heavy (non-hydrogen) atoms. The lowest BCUT2D eigenvalue weighted by Crippen LogP contribution is -2.11. The average molecular weight is 346 g/mol. The monoisotopic (exact) mass is 346 g/mol. The summed E-state index contributed by atoms with van der Waals surface area (Å²) in [6.07, 6.45) is 0. The molecule has 0 aliphatic rings. The van der Waals surface area contributed by atoms with Gasteiger partial charge in [0.1, 0.15) is 11.5 Å². The summed E-state index contributed by atoms with van der Waals surface area (Å²) in [7, 11) is 5.92. The Hall–Kier alpha value is -2.89. The molecule has 0 aromatic heterocycles. The number of aryl methyl sites for hydroxylation is 1. The van der Waals surface area contributed by atoms with E-state index in [0.29, 0.717) is 33.9 Å². The number of ether oxygens (including phenoxy) is 4. The third kappa shape index (κ3) is 3.07. The van der Waals surface area contributed by atoms with Crippen LogP contribution in [0.1, 0.15) is 27.0 Å². The van der Waals surface area contributed by atoms with Gasteiger partial charge in [-0.1, -0.05) is 0 Å². The summed E-state index contributed by atoms with van der Waals surface area (Å²) in [4.78, 5) is 13.3. The molecule has 2 aromatic carbocycles. The van der Waals surface area contributed by atoms with E-state index in [1.807, 2.05) is 0 Å². The van der Waals surface area contributed by atoms with Gasteiger partial charge in [-0.05, 0) is 37.6 Å². The average Bonchev–Trinajstić information content (AvgIpc) is 2.61. The van der Waals surface area contributed by atoms with Gasteiger partial charge in [-0.3, -0.25) is 4.79 Å². The van der Waals surface area contributed by atoms with Crippen LogP contribution in [0.5, 0.6) is 28.7 Å². The molecule has 0 aliphatic heterocycles. The molecule has 0 radical (unpaired) electrons. The minimum absolute atomic E-state index is 0.0150. The van der Waals surface area contributed by atoms with Crippen molar-refractivity contribution < 1.29 is 28.8 Å². The molecule has 0 fully saturated rings. The van der Waals surface area contributed by atoms with Gasteiger partial charge in [-0.25, -0.2) is 0 Å². The maximum Gasteiger partial charge on any atom is 0.204 e. The van der Waals surface area contributed by atoms with Gasteiger partial charge in [0, 0.05) is 5.56 Å². The molecule has 0 atom stereocenters. The fraction of sp³-hybridized carbons (Fsp3) is 0.316. The summed E-state index contributed by atoms with van der Waals surface area (Å²) in [5, 5.41) is 10.0. The zero-order valence-electron chi connectivity index (χ0n) is 15.2. The van der Waals surface area contributed by atoms with Crippen molar-refractivity contribution >= 4 is 5.78 Å². The van der Waals surface area contributed by atoms with E-state index in [1.54, 1.807) is 26.0 Å². The van der Waals surface area contributed by atoms with Crippen LogP contribution in [0.4, 0.5) is 0 Å². The smallest absolute Gasteiger partial charge is 0.204 e. The standard InChI is InChI=1S/C19H22O6/c1-10-9-14(23-4)18(24-5)19(25-6)15(10)17(21)16-11(2)12(20)7-8-13(16)22-3/h7-9,20H,1-6H3. The highest BCUT2D eigenvalue weighted by Crippen LogP contribution is 2.44. The minimum atomic E-state index is -0.333. The Labute approximate surface area is 146 Å². The Balaban J connectivity index is 2.79. The highest BCUT2D eigenvalue weighted by molar-refractivity contribution is 6.15. The Morgan fingerprint density at radius 2 is 1.44 bits per heavy atom. The molecule has 0 aliphatic carbocycles. The van der Waals surface area contributed by atoms with Crippen LogP contribution in [0, 0.1) is 13.8 Å². The number of hydrogen-bond donors (Lipinski definition) is 1. The molecule has 0 heterocycles. The molecule has 2 aromatic rings. The van der Waals surface area contributed by atoms with Crippen molar-refractivity contribution in [3.63, 3.8) is 0 Å². The van der Waals surface area contributed by atoms with Gasteiger partial charge in [0.05, 0.1) is 39.6 Å². The number of phenols is 1. The topological polar surface area (TPSA) is 74.2 Å². The van der Waals surface area contributed by atoms with Gasteiger partial charge in [0.25, 0.3) is 0 Å². The number of methoxy groups -OCH3 is 4. The van der Waals surface area contributed by atoms with Crippen molar-refractivity contribution in [3.8, 4) is 28.7 Å². The second-order valence-electron chi connectivity index (χ2n) is 5.45. The molecule has 6 heteroatoms. The summed E-state index contributed by atoms with van der Waals surface area (Å²) in [5.41, 5.74) is 1.69. The fourth-order valence-corrected chi connectivity index (χ4v) is 2.81. The van der Waals surface area contributed by atoms with Gasteiger partial charge in [-0.2, -0.15) is 0 Å². The largest absolute Gasteiger partial charge is 0.508 e. The predicted molar refractivity (Wildman–Crippen MR) is 93.7 cm³/mol. The molecular weight excluding hydrogens is 324 g/mol. The number of benzene rings is 2. The van der Waals surface area contributed by atoms with E-state index in [0.717, 1.165) is 0 Å².